The molecule has 9 heteroatoms. The summed E-state index contributed by atoms with van der Waals surface area (Å²) < 4.78 is 34.9. The Bertz CT molecular complexity index is 1210. The summed E-state index contributed by atoms with van der Waals surface area (Å²) in [7, 11) is 0. The third-order valence-corrected chi connectivity index (χ3v) is 5.62. The second-order valence-corrected chi connectivity index (χ2v) is 7.60. The molecule has 0 aliphatic carbocycles. The highest BCUT2D eigenvalue weighted by atomic mass is 32.2. The zero-order valence-electron chi connectivity index (χ0n) is 16.0. The molecule has 0 N–H and O–H groups in total. The van der Waals surface area contributed by atoms with Crippen LogP contribution in [-0.2, 0) is 0 Å². The molecule has 4 rings (SSSR count). The minimum absolute atomic E-state index is 0.00181. The molecule has 0 amide bonds. The molecular formula is C20H18F2N4O2S. The third kappa shape index (κ3) is 3.46. The summed E-state index contributed by atoms with van der Waals surface area (Å²) in [4.78, 5) is 17.1. The Morgan fingerprint density at radius 1 is 1.21 bits per heavy atom. The van der Waals surface area contributed by atoms with Crippen molar-refractivity contribution in [2.75, 3.05) is 5.75 Å². The number of hydrogen-bond donors (Lipinski definition) is 0. The lowest BCUT2D eigenvalue weighted by Crippen LogP contribution is -2.07. The number of fused-ring (bicyclic) bond motifs is 1. The standard InChI is InChI=1S/C20H18F2N4O2S/c1-11-8-14(13(3)25(11)18-9-12(2)28-24-18)17(27)10-29-20-23-15-6-4-5-7-16(15)26(20)19(21)22/h4-9,19H,10H2,1-3H3. The van der Waals surface area contributed by atoms with E-state index in [0.717, 1.165) is 27.7 Å². The minimum atomic E-state index is -2.74. The van der Waals surface area contributed by atoms with Crippen molar-refractivity contribution in [3.8, 4) is 5.82 Å². The molecule has 29 heavy (non-hydrogen) atoms. The van der Waals surface area contributed by atoms with E-state index in [1.165, 1.54) is 0 Å². The molecule has 0 fully saturated rings. The van der Waals surface area contributed by atoms with Gasteiger partial charge in [-0.3, -0.25) is 13.9 Å². The molecule has 0 saturated heterocycles. The molecule has 0 unspecified atom stereocenters. The van der Waals surface area contributed by atoms with Gasteiger partial charge in [-0.05, 0) is 39.0 Å². The van der Waals surface area contributed by atoms with E-state index < -0.39 is 6.55 Å². The number of benzene rings is 1. The predicted molar refractivity (Wildman–Crippen MR) is 106 cm³/mol. The van der Waals surface area contributed by atoms with Gasteiger partial charge in [-0.2, -0.15) is 8.78 Å². The topological polar surface area (TPSA) is 65.8 Å². The fourth-order valence-corrected chi connectivity index (χ4v) is 4.27. The number of Topliss-reactive ketones (excluding diaryl/α,β-unsaturated/α-hetero) is 1. The first kappa shape index (κ1) is 19.4. The van der Waals surface area contributed by atoms with Gasteiger partial charge in [-0.1, -0.05) is 29.1 Å². The van der Waals surface area contributed by atoms with Gasteiger partial charge in [-0.15, -0.1) is 0 Å². The molecule has 6 nitrogen and oxygen atoms in total. The monoisotopic (exact) mass is 416 g/mol. The van der Waals surface area contributed by atoms with Crippen LogP contribution >= 0.6 is 11.8 Å². The fourth-order valence-electron chi connectivity index (χ4n) is 3.38. The van der Waals surface area contributed by atoms with Crippen LogP contribution in [0.1, 0.15) is 34.1 Å². The van der Waals surface area contributed by atoms with E-state index in [1.54, 1.807) is 43.3 Å². The first-order valence-corrected chi connectivity index (χ1v) is 9.89. The lowest BCUT2D eigenvalue weighted by atomic mass is 10.2. The number of para-hydroxylation sites is 2. The molecule has 3 aromatic heterocycles. The van der Waals surface area contributed by atoms with Crippen molar-refractivity contribution in [3.63, 3.8) is 0 Å². The minimum Gasteiger partial charge on any atom is -0.360 e. The van der Waals surface area contributed by atoms with Crippen LogP contribution in [0.4, 0.5) is 8.78 Å². The zero-order chi connectivity index (χ0) is 20.7. The van der Waals surface area contributed by atoms with Crippen molar-refractivity contribution in [3.05, 3.63) is 59.1 Å². The average Bonchev–Trinajstić information content (AvgIpc) is 3.34. The molecule has 0 spiro atoms. The Kier molecular flexibility index (Phi) is 4.99. The highest BCUT2D eigenvalue weighted by Gasteiger charge is 2.22. The number of halogens is 2. The number of aryl methyl sites for hydroxylation is 2. The van der Waals surface area contributed by atoms with Crippen LogP contribution < -0.4 is 0 Å². The number of aromatic nitrogens is 4. The van der Waals surface area contributed by atoms with E-state index in [0.29, 0.717) is 28.2 Å². The lowest BCUT2D eigenvalue weighted by molar-refractivity contribution is 0.0656. The highest BCUT2D eigenvalue weighted by Crippen LogP contribution is 2.30. The van der Waals surface area contributed by atoms with E-state index in [1.807, 2.05) is 18.4 Å². The van der Waals surface area contributed by atoms with Crippen molar-refractivity contribution in [2.24, 2.45) is 0 Å². The van der Waals surface area contributed by atoms with Crippen molar-refractivity contribution in [1.29, 1.82) is 0 Å². The van der Waals surface area contributed by atoms with Gasteiger partial charge in [0.05, 0.1) is 16.8 Å². The molecular weight excluding hydrogens is 398 g/mol. The summed E-state index contributed by atoms with van der Waals surface area (Å²) in [6.45, 7) is 2.75. The zero-order valence-corrected chi connectivity index (χ0v) is 16.8. The van der Waals surface area contributed by atoms with E-state index >= 15 is 0 Å². The number of carbonyl (C=O) groups excluding carboxylic acids is 1. The molecule has 0 bridgehead atoms. The number of nitrogens with zero attached hydrogens (tertiary/aromatic N) is 4. The van der Waals surface area contributed by atoms with E-state index in [9.17, 15) is 13.6 Å². The van der Waals surface area contributed by atoms with Crippen molar-refractivity contribution < 1.29 is 18.1 Å². The summed E-state index contributed by atoms with van der Waals surface area (Å²) in [5, 5.41) is 4.12. The fraction of sp³-hybridized carbons (Fsp3) is 0.250. The maximum absolute atomic E-state index is 13.6. The second-order valence-electron chi connectivity index (χ2n) is 6.66. The number of carbonyl (C=O) groups is 1. The van der Waals surface area contributed by atoms with Gasteiger partial charge in [0.25, 0.3) is 0 Å². The van der Waals surface area contributed by atoms with Gasteiger partial charge in [0, 0.05) is 23.0 Å². The second kappa shape index (κ2) is 7.47. The Labute approximate surface area is 169 Å². The van der Waals surface area contributed by atoms with E-state index in [-0.39, 0.29) is 16.7 Å². The van der Waals surface area contributed by atoms with Crippen molar-refractivity contribution in [2.45, 2.75) is 32.5 Å². The highest BCUT2D eigenvalue weighted by molar-refractivity contribution is 7.99. The van der Waals surface area contributed by atoms with Crippen LogP contribution in [0.5, 0.6) is 0 Å². The van der Waals surface area contributed by atoms with Crippen molar-refractivity contribution in [1.82, 2.24) is 19.3 Å². The molecule has 1 aromatic carbocycles. The van der Waals surface area contributed by atoms with Crippen LogP contribution in [0, 0.1) is 20.8 Å². The molecule has 0 saturated carbocycles. The normalized spacial score (nSPS) is 11.7. The SMILES string of the molecule is Cc1cc(-n2c(C)cc(C(=O)CSc3nc4ccccc4n3C(F)F)c2C)no1. The lowest BCUT2D eigenvalue weighted by Gasteiger charge is -2.07. The molecule has 0 aliphatic heterocycles. The molecule has 0 atom stereocenters. The Morgan fingerprint density at radius 2 is 1.97 bits per heavy atom. The molecule has 0 aliphatic rings. The Hall–Kier alpha value is -2.94. The summed E-state index contributed by atoms with van der Waals surface area (Å²) >= 11 is 1.01. The van der Waals surface area contributed by atoms with Crippen molar-refractivity contribution >= 4 is 28.6 Å². The maximum atomic E-state index is 13.6. The largest absolute Gasteiger partial charge is 0.360 e. The van der Waals surface area contributed by atoms with Gasteiger partial charge in [-0.25, -0.2) is 4.98 Å². The first-order chi connectivity index (χ1) is 13.9. The van der Waals surface area contributed by atoms with Gasteiger partial charge in [0.1, 0.15) is 5.76 Å². The van der Waals surface area contributed by atoms with E-state index in [4.69, 9.17) is 4.52 Å². The number of rotatable bonds is 6. The van der Waals surface area contributed by atoms with Crippen LogP contribution in [-0.4, -0.2) is 30.8 Å². The average molecular weight is 416 g/mol. The summed E-state index contributed by atoms with van der Waals surface area (Å²) in [6, 6.07) is 10.3. The number of thioether (sulfide) groups is 1. The third-order valence-electron chi connectivity index (χ3n) is 4.67. The smallest absolute Gasteiger partial charge is 0.321 e. The summed E-state index contributed by atoms with van der Waals surface area (Å²) in [5.41, 5.74) is 2.91. The predicted octanol–water partition coefficient (Wildman–Crippen LogP) is 5.11. The first-order valence-electron chi connectivity index (χ1n) is 8.90. The molecule has 0 radical (unpaired) electrons. The van der Waals surface area contributed by atoms with Crippen LogP contribution in [0.2, 0.25) is 0 Å². The number of alkyl halides is 2. The van der Waals surface area contributed by atoms with Gasteiger partial charge < -0.3 is 4.52 Å². The molecule has 150 valence electrons. The number of imidazole rings is 1. The number of ketones is 1. The van der Waals surface area contributed by atoms with Gasteiger partial charge >= 0.3 is 6.55 Å². The van der Waals surface area contributed by atoms with E-state index in [2.05, 4.69) is 10.1 Å². The molecule has 3 heterocycles. The van der Waals surface area contributed by atoms with Gasteiger partial charge in [0.2, 0.25) is 0 Å². The van der Waals surface area contributed by atoms with Crippen LogP contribution in [0.15, 0.2) is 46.1 Å². The molecule has 4 aromatic rings. The quantitative estimate of drug-likeness (QED) is 0.323. The van der Waals surface area contributed by atoms with Crippen LogP contribution in [0.3, 0.4) is 0 Å². The summed E-state index contributed by atoms with van der Waals surface area (Å²) in [6.07, 6.45) is 0. The van der Waals surface area contributed by atoms with Crippen LogP contribution in [0.25, 0.3) is 16.9 Å². The Morgan fingerprint density at radius 3 is 2.66 bits per heavy atom. The number of hydrogen-bond acceptors (Lipinski definition) is 5. The maximum Gasteiger partial charge on any atom is 0.321 e. The van der Waals surface area contributed by atoms with Gasteiger partial charge in [0.15, 0.2) is 16.8 Å². The Balaban J connectivity index is 1.60. The summed E-state index contributed by atoms with van der Waals surface area (Å²) in [5.74, 6) is 1.10.